The maximum atomic E-state index is 6.22. The van der Waals surface area contributed by atoms with E-state index in [1.165, 1.54) is 64.2 Å². The van der Waals surface area contributed by atoms with Crippen LogP contribution < -0.4 is 0 Å². The first-order chi connectivity index (χ1) is 15.3. The lowest BCUT2D eigenvalue weighted by molar-refractivity contribution is 0.0647. The number of aromatic nitrogens is 3. The maximum absolute atomic E-state index is 6.22. The first kappa shape index (κ1) is 20.4. The third-order valence-corrected chi connectivity index (χ3v) is 7.00. The van der Waals surface area contributed by atoms with Crippen LogP contribution in [0.25, 0.3) is 22.7 Å². The van der Waals surface area contributed by atoms with Crippen LogP contribution in [0.5, 0.6) is 0 Å². The highest BCUT2D eigenvalue weighted by Crippen LogP contribution is 2.35. The van der Waals surface area contributed by atoms with Crippen LogP contribution in [-0.4, -0.2) is 32.3 Å². The molecule has 2 fully saturated rings. The minimum Gasteiger partial charge on any atom is -0.419 e. The number of hydrogen-bond acceptors (Lipinski definition) is 6. The highest BCUT2D eigenvalue weighted by molar-refractivity contribution is 5.77. The average molecular weight is 421 g/mol. The monoisotopic (exact) mass is 420 g/mol. The number of benzene rings is 1. The molecule has 1 aromatic carbocycles. The van der Waals surface area contributed by atoms with E-state index in [1.54, 1.807) is 0 Å². The van der Waals surface area contributed by atoms with Crippen molar-refractivity contribution in [2.45, 2.75) is 89.8 Å². The van der Waals surface area contributed by atoms with Gasteiger partial charge in [0.25, 0.3) is 5.89 Å². The summed E-state index contributed by atoms with van der Waals surface area (Å²) >= 11 is 0. The number of nitrogens with zero attached hydrogens (tertiary/aromatic N) is 4. The van der Waals surface area contributed by atoms with Crippen molar-refractivity contribution in [1.29, 1.82) is 0 Å². The van der Waals surface area contributed by atoms with Crippen LogP contribution in [0, 0.1) is 6.92 Å². The predicted octanol–water partition coefficient (Wildman–Crippen LogP) is 6.17. The van der Waals surface area contributed by atoms with Crippen molar-refractivity contribution in [3.8, 4) is 22.7 Å². The van der Waals surface area contributed by atoms with Gasteiger partial charge in [-0.15, -0.1) is 10.2 Å². The van der Waals surface area contributed by atoms with Gasteiger partial charge in [-0.2, -0.15) is 0 Å². The Morgan fingerprint density at radius 2 is 1.52 bits per heavy atom. The zero-order valence-corrected chi connectivity index (χ0v) is 18.4. The van der Waals surface area contributed by atoms with Gasteiger partial charge in [-0.3, -0.25) is 4.90 Å². The van der Waals surface area contributed by atoms with Gasteiger partial charge in [0, 0.05) is 17.6 Å². The quantitative estimate of drug-likeness (QED) is 0.475. The highest BCUT2D eigenvalue weighted by Gasteiger charge is 2.31. The van der Waals surface area contributed by atoms with Crippen LogP contribution in [0.1, 0.15) is 75.9 Å². The Bertz CT molecular complexity index is 951. The molecule has 0 N–H and O–H groups in total. The topological polar surface area (TPSA) is 68.2 Å². The summed E-state index contributed by atoms with van der Waals surface area (Å²) in [5.74, 6) is 1.90. The third kappa shape index (κ3) is 4.45. The van der Waals surface area contributed by atoms with E-state index in [9.17, 15) is 0 Å². The van der Waals surface area contributed by atoms with E-state index in [1.807, 2.05) is 37.3 Å². The highest BCUT2D eigenvalue weighted by atomic mass is 16.5. The summed E-state index contributed by atoms with van der Waals surface area (Å²) in [6.07, 6.45) is 13.3. The van der Waals surface area contributed by atoms with Gasteiger partial charge in [0.2, 0.25) is 5.89 Å². The fourth-order valence-electron chi connectivity index (χ4n) is 5.37. The van der Waals surface area contributed by atoms with Crippen molar-refractivity contribution in [1.82, 2.24) is 20.3 Å². The first-order valence-corrected chi connectivity index (χ1v) is 11.9. The van der Waals surface area contributed by atoms with Gasteiger partial charge in [0.05, 0.1) is 6.54 Å². The molecule has 6 heteroatoms. The van der Waals surface area contributed by atoms with Gasteiger partial charge >= 0.3 is 0 Å². The second-order valence-electron chi connectivity index (χ2n) is 9.09. The summed E-state index contributed by atoms with van der Waals surface area (Å²) in [4.78, 5) is 2.69. The van der Waals surface area contributed by atoms with Crippen LogP contribution >= 0.6 is 0 Å². The summed E-state index contributed by atoms with van der Waals surface area (Å²) in [7, 11) is 0. The van der Waals surface area contributed by atoms with E-state index in [-0.39, 0.29) is 0 Å². The lowest BCUT2D eigenvalue weighted by Gasteiger charge is -2.40. The largest absolute Gasteiger partial charge is 0.419 e. The predicted molar refractivity (Wildman–Crippen MR) is 119 cm³/mol. The standard InChI is InChI=1S/C25H32N4O2/c1-18-23(24(28-31-18)19-11-5-2-6-12-19)25-27-26-22(30-25)17-29(20-13-7-3-8-14-20)21-15-9-4-10-16-21/h2,5-6,11-12,20-21H,3-4,7-10,13-17H2,1H3. The van der Waals surface area contributed by atoms with Crippen LogP contribution in [-0.2, 0) is 6.54 Å². The molecule has 2 aliphatic rings. The fraction of sp³-hybridized carbons (Fsp3) is 0.560. The Morgan fingerprint density at radius 3 is 2.16 bits per heavy atom. The lowest BCUT2D eigenvalue weighted by atomic mass is 9.88. The third-order valence-electron chi connectivity index (χ3n) is 7.00. The van der Waals surface area contributed by atoms with E-state index in [2.05, 4.69) is 20.3 Å². The van der Waals surface area contributed by atoms with Crippen LogP contribution in [0.3, 0.4) is 0 Å². The summed E-state index contributed by atoms with van der Waals surface area (Å²) < 4.78 is 11.7. The van der Waals surface area contributed by atoms with Crippen molar-refractivity contribution in [2.24, 2.45) is 0 Å². The van der Waals surface area contributed by atoms with Crippen molar-refractivity contribution < 1.29 is 8.94 Å². The van der Waals surface area contributed by atoms with E-state index >= 15 is 0 Å². The Hall–Kier alpha value is -2.47. The molecule has 0 atom stereocenters. The van der Waals surface area contributed by atoms with Gasteiger partial charge in [-0.05, 0) is 32.6 Å². The molecule has 0 spiro atoms. The normalized spacial score (nSPS) is 18.6. The Morgan fingerprint density at radius 1 is 0.871 bits per heavy atom. The zero-order valence-electron chi connectivity index (χ0n) is 18.4. The molecule has 0 aliphatic heterocycles. The van der Waals surface area contributed by atoms with E-state index in [0.717, 1.165) is 23.4 Å². The molecule has 0 radical (unpaired) electrons. The van der Waals surface area contributed by atoms with Gasteiger partial charge in [0.15, 0.2) is 0 Å². The van der Waals surface area contributed by atoms with Gasteiger partial charge in [-0.1, -0.05) is 74.0 Å². The van der Waals surface area contributed by atoms with Crippen molar-refractivity contribution in [3.63, 3.8) is 0 Å². The number of aryl methyl sites for hydroxylation is 1. The van der Waals surface area contributed by atoms with Crippen LogP contribution in [0.15, 0.2) is 39.3 Å². The van der Waals surface area contributed by atoms with Gasteiger partial charge in [-0.25, -0.2) is 0 Å². The Balaban J connectivity index is 1.40. The molecule has 164 valence electrons. The molecule has 2 aliphatic carbocycles. The smallest absolute Gasteiger partial charge is 0.253 e. The molecule has 0 bridgehead atoms. The number of rotatable bonds is 6. The molecule has 2 saturated carbocycles. The van der Waals surface area contributed by atoms with E-state index in [4.69, 9.17) is 8.94 Å². The van der Waals surface area contributed by atoms with Gasteiger partial charge in [0.1, 0.15) is 17.0 Å². The van der Waals surface area contributed by atoms with Crippen molar-refractivity contribution in [2.75, 3.05) is 0 Å². The summed E-state index contributed by atoms with van der Waals surface area (Å²) in [5.41, 5.74) is 2.54. The molecule has 6 nitrogen and oxygen atoms in total. The van der Waals surface area contributed by atoms with Crippen molar-refractivity contribution >= 4 is 0 Å². The van der Waals surface area contributed by atoms with Crippen LogP contribution in [0.4, 0.5) is 0 Å². The van der Waals surface area contributed by atoms with Gasteiger partial charge < -0.3 is 8.94 Å². The zero-order chi connectivity index (χ0) is 21.0. The van der Waals surface area contributed by atoms with Crippen LogP contribution in [0.2, 0.25) is 0 Å². The molecule has 31 heavy (non-hydrogen) atoms. The number of hydrogen-bond donors (Lipinski definition) is 0. The molecular weight excluding hydrogens is 388 g/mol. The summed E-state index contributed by atoms with van der Waals surface area (Å²) in [6.45, 7) is 2.64. The molecule has 2 aromatic heterocycles. The molecular formula is C25H32N4O2. The Labute approximate surface area is 184 Å². The Kier molecular flexibility index (Phi) is 6.16. The van der Waals surface area contributed by atoms with E-state index < -0.39 is 0 Å². The van der Waals surface area contributed by atoms with Crippen molar-refractivity contribution in [3.05, 3.63) is 42.0 Å². The first-order valence-electron chi connectivity index (χ1n) is 11.9. The molecule has 3 aromatic rings. The summed E-state index contributed by atoms with van der Waals surface area (Å²) in [5, 5.41) is 13.1. The molecule has 0 amide bonds. The maximum Gasteiger partial charge on any atom is 0.253 e. The summed E-state index contributed by atoms with van der Waals surface area (Å²) in [6, 6.07) is 11.3. The molecule has 5 rings (SSSR count). The second-order valence-corrected chi connectivity index (χ2v) is 9.09. The molecule has 2 heterocycles. The SMILES string of the molecule is Cc1onc(-c2ccccc2)c1-c1nnc(CN(C2CCCCC2)C2CCCCC2)o1. The lowest BCUT2D eigenvalue weighted by Crippen LogP contribution is -2.44. The fourth-order valence-corrected chi connectivity index (χ4v) is 5.37. The second kappa shape index (κ2) is 9.35. The average Bonchev–Trinajstić information content (AvgIpc) is 3.45. The molecule has 0 unspecified atom stereocenters. The van der Waals surface area contributed by atoms with E-state index in [0.29, 0.717) is 29.6 Å². The molecule has 0 saturated heterocycles. The minimum atomic E-state index is 0.500. The minimum absolute atomic E-state index is 0.500.